The Morgan fingerprint density at radius 3 is 2.64 bits per heavy atom. The first kappa shape index (κ1) is 23.7. The van der Waals surface area contributed by atoms with Gasteiger partial charge in [-0.15, -0.1) is 0 Å². The maximum absolute atomic E-state index is 12.8. The highest BCUT2D eigenvalue weighted by atomic mass is 16.5. The van der Waals surface area contributed by atoms with E-state index in [1.807, 2.05) is 49.6 Å². The lowest BCUT2D eigenvalue weighted by atomic mass is 9.96. The Hall–Kier alpha value is -2.49. The fourth-order valence-corrected chi connectivity index (χ4v) is 4.87. The van der Waals surface area contributed by atoms with Crippen molar-refractivity contribution in [3.05, 3.63) is 29.1 Å². The molecule has 1 aromatic carbocycles. The summed E-state index contributed by atoms with van der Waals surface area (Å²) in [5.74, 6) is 0.845. The third-order valence-corrected chi connectivity index (χ3v) is 6.46. The number of carbonyl (C=O) groups excluding carboxylic acids is 1. The van der Waals surface area contributed by atoms with E-state index in [1.165, 1.54) is 7.11 Å². The molecule has 9 nitrogen and oxygen atoms in total. The quantitative estimate of drug-likeness (QED) is 0.617. The van der Waals surface area contributed by atoms with Gasteiger partial charge in [-0.3, -0.25) is 4.90 Å². The van der Waals surface area contributed by atoms with E-state index in [-0.39, 0.29) is 11.6 Å². The van der Waals surface area contributed by atoms with Crippen LogP contribution in [0.25, 0.3) is 0 Å². The lowest BCUT2D eigenvalue weighted by Gasteiger charge is -2.45. The van der Waals surface area contributed by atoms with E-state index in [1.54, 1.807) is 7.11 Å². The number of esters is 1. The fraction of sp³-hybridized carbons (Fsp3) is 0.625. The van der Waals surface area contributed by atoms with Crippen LogP contribution in [0.15, 0.2) is 23.5 Å². The Bertz CT molecular complexity index is 944. The van der Waals surface area contributed by atoms with Gasteiger partial charge in [0, 0.05) is 23.8 Å². The predicted octanol–water partition coefficient (Wildman–Crippen LogP) is 1.98. The Labute approximate surface area is 195 Å². The van der Waals surface area contributed by atoms with Crippen molar-refractivity contribution in [3.8, 4) is 11.5 Å². The molecule has 9 heteroatoms. The largest absolute Gasteiger partial charge is 0.493 e. The van der Waals surface area contributed by atoms with Gasteiger partial charge in [0.2, 0.25) is 6.17 Å². The van der Waals surface area contributed by atoms with Crippen LogP contribution in [0.4, 0.5) is 5.69 Å². The summed E-state index contributed by atoms with van der Waals surface area (Å²) >= 11 is 0. The summed E-state index contributed by atoms with van der Waals surface area (Å²) in [7, 11) is 2.99. The van der Waals surface area contributed by atoms with Crippen molar-refractivity contribution >= 4 is 11.7 Å². The molecule has 0 aliphatic carbocycles. The van der Waals surface area contributed by atoms with Gasteiger partial charge < -0.3 is 34.3 Å². The zero-order chi connectivity index (χ0) is 23.9. The summed E-state index contributed by atoms with van der Waals surface area (Å²) in [6.07, 6.45) is -0.305. The number of aliphatic hydroxyl groups excluding tert-OH is 1. The summed E-state index contributed by atoms with van der Waals surface area (Å²) in [6.45, 7) is 9.66. The predicted molar refractivity (Wildman–Crippen MR) is 123 cm³/mol. The summed E-state index contributed by atoms with van der Waals surface area (Å²) in [6, 6.07) is 3.89. The molecule has 33 heavy (non-hydrogen) atoms. The topological polar surface area (TPSA) is 92.7 Å². The number of allylic oxidation sites excluding steroid dienone is 1. The Morgan fingerprint density at radius 2 is 2.00 bits per heavy atom. The van der Waals surface area contributed by atoms with Crippen LogP contribution >= 0.6 is 0 Å². The first-order chi connectivity index (χ1) is 15.7. The van der Waals surface area contributed by atoms with Crippen LogP contribution < -0.4 is 19.7 Å². The van der Waals surface area contributed by atoms with Gasteiger partial charge in [0.05, 0.1) is 44.9 Å². The summed E-state index contributed by atoms with van der Waals surface area (Å²) in [5, 5.41) is 14.7. The molecule has 3 heterocycles. The number of hydrogen-bond acceptors (Lipinski definition) is 9. The zero-order valence-electron chi connectivity index (χ0n) is 20.3. The van der Waals surface area contributed by atoms with E-state index >= 15 is 0 Å². The second-order valence-corrected chi connectivity index (χ2v) is 9.53. The molecule has 0 amide bonds. The molecule has 3 aliphatic rings. The van der Waals surface area contributed by atoms with Crippen molar-refractivity contribution in [2.24, 2.45) is 0 Å². The number of nitrogens with zero attached hydrogens (tertiary/aromatic N) is 2. The van der Waals surface area contributed by atoms with Crippen LogP contribution in [0.1, 0.15) is 39.7 Å². The van der Waals surface area contributed by atoms with E-state index in [9.17, 15) is 9.90 Å². The van der Waals surface area contributed by atoms with Crippen LogP contribution in [0.3, 0.4) is 0 Å². The van der Waals surface area contributed by atoms with Gasteiger partial charge in [-0.2, -0.15) is 0 Å². The number of fused-ring (bicyclic) bond motifs is 3. The van der Waals surface area contributed by atoms with Crippen LogP contribution in [-0.2, 0) is 20.7 Å². The smallest absolute Gasteiger partial charge is 0.349 e. The highest BCUT2D eigenvalue weighted by Gasteiger charge is 2.46. The number of benzene rings is 1. The number of anilines is 1. The molecular weight excluding hydrogens is 426 g/mol. The molecule has 2 N–H and O–H groups in total. The fourth-order valence-electron chi connectivity index (χ4n) is 4.87. The number of aryl methyl sites for hydroxylation is 1. The molecule has 2 atom stereocenters. The highest BCUT2D eigenvalue weighted by Crippen LogP contribution is 2.45. The number of nitrogens with one attached hydrogen (secondary N) is 1. The number of rotatable bonds is 6. The molecule has 0 spiro atoms. The van der Waals surface area contributed by atoms with Gasteiger partial charge >= 0.3 is 5.97 Å². The monoisotopic (exact) mass is 461 g/mol. The number of aliphatic hydroxyl groups is 1. The molecule has 0 saturated carbocycles. The van der Waals surface area contributed by atoms with E-state index in [0.717, 1.165) is 23.4 Å². The lowest BCUT2D eigenvalue weighted by Crippen LogP contribution is -2.58. The van der Waals surface area contributed by atoms with Gasteiger partial charge in [0.15, 0.2) is 11.5 Å². The molecule has 3 aliphatic heterocycles. The highest BCUT2D eigenvalue weighted by molar-refractivity contribution is 5.85. The first-order valence-corrected chi connectivity index (χ1v) is 11.4. The minimum atomic E-state index is -0.901. The second-order valence-electron chi connectivity index (χ2n) is 9.53. The number of methoxy groups -OCH3 is 2. The average Bonchev–Trinajstić information content (AvgIpc) is 3.17. The Morgan fingerprint density at radius 1 is 1.24 bits per heavy atom. The number of ether oxygens (including phenoxy) is 4. The summed E-state index contributed by atoms with van der Waals surface area (Å²) < 4.78 is 22.3. The zero-order valence-corrected chi connectivity index (χ0v) is 20.3. The van der Waals surface area contributed by atoms with Gasteiger partial charge in [0.1, 0.15) is 6.23 Å². The first-order valence-electron chi connectivity index (χ1n) is 11.4. The summed E-state index contributed by atoms with van der Waals surface area (Å²) in [4.78, 5) is 16.8. The molecule has 1 saturated heterocycles. The lowest BCUT2D eigenvalue weighted by molar-refractivity contribution is -0.142. The maximum Gasteiger partial charge on any atom is 0.349 e. The van der Waals surface area contributed by atoms with Gasteiger partial charge in [-0.1, -0.05) is 0 Å². The molecule has 0 aromatic heterocycles. The Kier molecular flexibility index (Phi) is 6.48. The van der Waals surface area contributed by atoms with Gasteiger partial charge in [0.25, 0.3) is 0 Å². The minimum Gasteiger partial charge on any atom is -0.493 e. The second kappa shape index (κ2) is 9.04. The van der Waals surface area contributed by atoms with Crippen LogP contribution in [0, 0.1) is 0 Å². The van der Waals surface area contributed by atoms with Crippen LogP contribution in [0.2, 0.25) is 0 Å². The van der Waals surface area contributed by atoms with E-state index in [2.05, 4.69) is 5.32 Å². The standard InChI is InChI=1S/C24H35N3O6/c1-14(2)33-19-12-17-15(11-18(19)30-5)7-8-16-20(25-21(27(16)17)23(29)31-6)22(28)26-9-10-32-13-24(26,3)4/h11-12,14,21-22,25,28H,7-10,13H2,1-6H3. The number of carbonyl (C=O) groups is 1. The van der Waals surface area contributed by atoms with Gasteiger partial charge in [-0.25, -0.2) is 4.79 Å². The molecule has 2 unspecified atom stereocenters. The molecule has 4 rings (SSSR count). The van der Waals surface area contributed by atoms with E-state index < -0.39 is 18.4 Å². The van der Waals surface area contributed by atoms with Gasteiger partial charge in [-0.05, 0) is 52.2 Å². The van der Waals surface area contributed by atoms with Crippen molar-refractivity contribution in [1.29, 1.82) is 0 Å². The third-order valence-electron chi connectivity index (χ3n) is 6.46. The molecule has 182 valence electrons. The normalized spacial score (nSPS) is 23.0. The summed E-state index contributed by atoms with van der Waals surface area (Å²) in [5.41, 5.74) is 3.06. The molecule has 0 bridgehead atoms. The molecule has 1 fully saturated rings. The van der Waals surface area contributed by atoms with Crippen LogP contribution in [0.5, 0.6) is 11.5 Å². The van der Waals surface area contributed by atoms with Crippen molar-refractivity contribution in [2.45, 2.75) is 64.6 Å². The third kappa shape index (κ3) is 4.25. The average molecular weight is 462 g/mol. The molecule has 1 aromatic rings. The van der Waals surface area contributed by atoms with Crippen molar-refractivity contribution in [3.63, 3.8) is 0 Å². The maximum atomic E-state index is 12.8. The number of morpholine rings is 1. The van der Waals surface area contributed by atoms with Crippen molar-refractivity contribution in [2.75, 3.05) is 38.9 Å². The SMILES string of the molecule is COC(=O)C1NC(C(O)N2CCOCC2(C)C)=C2CCc3cc(OC)c(OC(C)C)cc3N21. The Balaban J connectivity index is 1.78. The van der Waals surface area contributed by atoms with Crippen LogP contribution in [-0.4, -0.2) is 74.0 Å². The van der Waals surface area contributed by atoms with E-state index in [0.29, 0.717) is 43.4 Å². The molecular formula is C24H35N3O6. The minimum absolute atomic E-state index is 0.0374. The van der Waals surface area contributed by atoms with Crippen molar-refractivity contribution in [1.82, 2.24) is 10.2 Å². The molecule has 0 radical (unpaired) electrons. The van der Waals surface area contributed by atoms with Crippen molar-refractivity contribution < 1.29 is 28.8 Å². The number of hydrogen-bond donors (Lipinski definition) is 2. The van der Waals surface area contributed by atoms with E-state index in [4.69, 9.17) is 18.9 Å².